The van der Waals surface area contributed by atoms with E-state index in [1.54, 1.807) is 0 Å². The van der Waals surface area contributed by atoms with Gasteiger partial charge in [0.2, 0.25) is 0 Å². The molecule has 0 aliphatic carbocycles. The fourth-order valence-corrected chi connectivity index (χ4v) is 0.877. The molecule has 0 saturated heterocycles. The first-order valence-corrected chi connectivity index (χ1v) is 3.24. The molecular weight excluding hydrogens is 118 g/mol. The Balaban J connectivity index is 2.52. The Morgan fingerprint density at radius 3 is 3.38 bits per heavy atom. The van der Waals surface area contributed by atoms with E-state index in [1.165, 1.54) is 6.42 Å². The van der Waals surface area contributed by atoms with Gasteiger partial charge in [-0.1, -0.05) is 0 Å². The topological polar surface area (TPSA) is 12.4 Å². The first-order chi connectivity index (χ1) is 3.89. The van der Waals surface area contributed by atoms with Gasteiger partial charge in [-0.2, -0.15) is 0 Å². The van der Waals surface area contributed by atoms with Crippen LogP contribution in [0.4, 0.5) is 0 Å². The normalized spacial score (nSPS) is 19.9. The third-order valence-electron chi connectivity index (χ3n) is 1.10. The highest BCUT2D eigenvalue weighted by molar-refractivity contribution is 7.84. The molecule has 1 rings (SSSR count). The molecule has 0 fully saturated rings. The molecule has 0 saturated carbocycles. The molecule has 0 aromatic heterocycles. The first-order valence-electron chi connectivity index (χ1n) is 2.79. The summed E-state index contributed by atoms with van der Waals surface area (Å²) in [5, 5.41) is 0. The van der Waals surface area contributed by atoms with Gasteiger partial charge in [-0.15, -0.1) is 12.6 Å². The lowest BCUT2D eigenvalue weighted by Crippen LogP contribution is -1.72. The molecule has 2 heteroatoms. The molecule has 0 aromatic rings. The number of aliphatic imine (C=N–C) groups is 1. The molecular formula is C6H9NS. The van der Waals surface area contributed by atoms with Crippen molar-refractivity contribution in [1.29, 1.82) is 0 Å². The van der Waals surface area contributed by atoms with Gasteiger partial charge >= 0.3 is 0 Å². The van der Waals surface area contributed by atoms with E-state index in [9.17, 15) is 0 Å². The van der Waals surface area contributed by atoms with Crippen LogP contribution in [0.15, 0.2) is 16.1 Å². The van der Waals surface area contributed by atoms with Crippen LogP contribution in [-0.4, -0.2) is 6.21 Å². The predicted octanol–water partition coefficient (Wildman–Crippen LogP) is 2.01. The second-order valence-corrected chi connectivity index (χ2v) is 2.42. The summed E-state index contributed by atoms with van der Waals surface area (Å²) in [7, 11) is 0. The number of hydrogen-bond acceptors (Lipinski definition) is 2. The molecule has 44 valence electrons. The third-order valence-corrected chi connectivity index (χ3v) is 1.43. The minimum Gasteiger partial charge on any atom is -0.268 e. The molecule has 0 atom stereocenters. The van der Waals surface area contributed by atoms with Crippen LogP contribution in [0.1, 0.15) is 19.3 Å². The average molecular weight is 127 g/mol. The van der Waals surface area contributed by atoms with Crippen LogP contribution >= 0.6 is 12.6 Å². The standard InChI is InChI=1S/C6H9NS/c8-6-3-1-2-4-7-5-6/h4-5,8H,1-3H2. The molecule has 0 bridgehead atoms. The lowest BCUT2D eigenvalue weighted by molar-refractivity contribution is 0.904. The first kappa shape index (κ1) is 5.89. The van der Waals surface area contributed by atoms with Crippen LogP contribution in [0, 0.1) is 0 Å². The summed E-state index contributed by atoms with van der Waals surface area (Å²) in [6, 6.07) is 0. The average Bonchev–Trinajstić information content (AvgIpc) is 1.94. The second kappa shape index (κ2) is 2.92. The van der Waals surface area contributed by atoms with Crippen molar-refractivity contribution in [2.24, 2.45) is 4.99 Å². The molecule has 0 aromatic carbocycles. The van der Waals surface area contributed by atoms with Gasteiger partial charge in [-0.05, 0) is 24.2 Å². The van der Waals surface area contributed by atoms with Gasteiger partial charge in [0, 0.05) is 12.4 Å². The number of allylic oxidation sites excluding steroid dienone is 1. The van der Waals surface area contributed by atoms with Crippen molar-refractivity contribution >= 4 is 18.8 Å². The van der Waals surface area contributed by atoms with Crippen LogP contribution in [0.2, 0.25) is 0 Å². The van der Waals surface area contributed by atoms with E-state index in [0.29, 0.717) is 0 Å². The summed E-state index contributed by atoms with van der Waals surface area (Å²) in [5.74, 6) is 0. The van der Waals surface area contributed by atoms with Crippen LogP contribution in [-0.2, 0) is 0 Å². The maximum atomic E-state index is 4.18. The van der Waals surface area contributed by atoms with Gasteiger partial charge in [0.25, 0.3) is 0 Å². The van der Waals surface area contributed by atoms with Crippen molar-refractivity contribution in [2.45, 2.75) is 19.3 Å². The summed E-state index contributed by atoms with van der Waals surface area (Å²) in [4.78, 5) is 5.08. The summed E-state index contributed by atoms with van der Waals surface area (Å²) in [5.41, 5.74) is 0. The lowest BCUT2D eigenvalue weighted by Gasteiger charge is -1.89. The van der Waals surface area contributed by atoms with E-state index < -0.39 is 0 Å². The molecule has 1 nitrogen and oxygen atoms in total. The monoisotopic (exact) mass is 127 g/mol. The highest BCUT2D eigenvalue weighted by atomic mass is 32.1. The maximum Gasteiger partial charge on any atom is 0.0356 e. The van der Waals surface area contributed by atoms with Crippen LogP contribution < -0.4 is 0 Å². The molecule has 0 radical (unpaired) electrons. The summed E-state index contributed by atoms with van der Waals surface area (Å²) in [6.45, 7) is 0. The van der Waals surface area contributed by atoms with Crippen molar-refractivity contribution in [3.63, 3.8) is 0 Å². The zero-order valence-electron chi connectivity index (χ0n) is 4.67. The number of hydrogen-bond donors (Lipinski definition) is 1. The fraction of sp³-hybridized carbons (Fsp3) is 0.500. The summed E-state index contributed by atoms with van der Waals surface area (Å²) < 4.78 is 0. The number of thiol groups is 1. The van der Waals surface area contributed by atoms with E-state index >= 15 is 0 Å². The highest BCUT2D eigenvalue weighted by Crippen LogP contribution is 2.12. The Hall–Kier alpha value is -0.240. The molecule has 0 spiro atoms. The molecule has 8 heavy (non-hydrogen) atoms. The smallest absolute Gasteiger partial charge is 0.0356 e. The van der Waals surface area contributed by atoms with E-state index in [-0.39, 0.29) is 0 Å². The molecule has 1 aliphatic heterocycles. The molecule has 1 heterocycles. The predicted molar refractivity (Wildman–Crippen MR) is 39.4 cm³/mol. The van der Waals surface area contributed by atoms with Crippen LogP contribution in [0.3, 0.4) is 0 Å². The van der Waals surface area contributed by atoms with E-state index in [4.69, 9.17) is 0 Å². The molecule has 0 N–H and O–H groups in total. The van der Waals surface area contributed by atoms with Crippen molar-refractivity contribution in [3.8, 4) is 0 Å². The second-order valence-electron chi connectivity index (χ2n) is 1.84. The molecule has 0 amide bonds. The largest absolute Gasteiger partial charge is 0.268 e. The quantitative estimate of drug-likeness (QED) is 0.478. The van der Waals surface area contributed by atoms with Gasteiger partial charge in [0.15, 0.2) is 0 Å². The molecule has 1 aliphatic rings. The van der Waals surface area contributed by atoms with Crippen LogP contribution in [0.25, 0.3) is 0 Å². The third kappa shape index (κ3) is 1.70. The SMILES string of the molecule is SC1=CN=CCCC1. The zero-order chi connectivity index (χ0) is 5.82. The van der Waals surface area contributed by atoms with E-state index in [1.807, 2.05) is 12.4 Å². The van der Waals surface area contributed by atoms with Gasteiger partial charge in [0.1, 0.15) is 0 Å². The lowest BCUT2D eigenvalue weighted by atomic mass is 10.2. The Morgan fingerprint density at radius 1 is 1.62 bits per heavy atom. The summed E-state index contributed by atoms with van der Waals surface area (Å²) >= 11 is 4.18. The van der Waals surface area contributed by atoms with Gasteiger partial charge in [0.05, 0.1) is 0 Å². The van der Waals surface area contributed by atoms with Gasteiger partial charge in [-0.3, -0.25) is 4.99 Å². The maximum absolute atomic E-state index is 4.18. The van der Waals surface area contributed by atoms with Crippen molar-refractivity contribution in [2.75, 3.05) is 0 Å². The fourth-order valence-electron chi connectivity index (χ4n) is 0.652. The van der Waals surface area contributed by atoms with Crippen LogP contribution in [0.5, 0.6) is 0 Å². The van der Waals surface area contributed by atoms with Gasteiger partial charge < -0.3 is 0 Å². The van der Waals surface area contributed by atoms with Crippen molar-refractivity contribution in [1.82, 2.24) is 0 Å². The Labute approximate surface area is 54.9 Å². The van der Waals surface area contributed by atoms with Gasteiger partial charge in [-0.25, -0.2) is 0 Å². The Kier molecular flexibility index (Phi) is 2.15. The van der Waals surface area contributed by atoms with E-state index in [2.05, 4.69) is 17.6 Å². The Morgan fingerprint density at radius 2 is 2.50 bits per heavy atom. The molecule has 0 unspecified atom stereocenters. The highest BCUT2D eigenvalue weighted by Gasteiger charge is 1.92. The Bertz CT molecular complexity index is 126. The zero-order valence-corrected chi connectivity index (χ0v) is 5.56. The number of nitrogens with zero attached hydrogens (tertiary/aromatic N) is 1. The number of rotatable bonds is 0. The van der Waals surface area contributed by atoms with Crippen molar-refractivity contribution in [3.05, 3.63) is 11.1 Å². The minimum atomic E-state index is 1.09. The summed E-state index contributed by atoms with van der Waals surface area (Å²) in [6.07, 6.45) is 7.13. The minimum absolute atomic E-state index is 1.09. The van der Waals surface area contributed by atoms with Crippen molar-refractivity contribution < 1.29 is 0 Å². The van der Waals surface area contributed by atoms with E-state index in [0.717, 1.165) is 17.7 Å².